The fourth-order valence-corrected chi connectivity index (χ4v) is 2.47. The maximum Gasteiger partial charge on any atom is 0.223 e. The lowest BCUT2D eigenvalue weighted by Crippen LogP contribution is -2.49. The highest BCUT2D eigenvalue weighted by Gasteiger charge is 2.28. The number of aromatic amines is 1. The molecule has 2 aromatic rings. The summed E-state index contributed by atoms with van der Waals surface area (Å²) in [6.45, 7) is 6.38. The quantitative estimate of drug-likeness (QED) is 0.806. The van der Waals surface area contributed by atoms with Crippen molar-refractivity contribution in [1.29, 1.82) is 0 Å². The first-order valence-electron chi connectivity index (χ1n) is 7.07. The number of aryl methyl sites for hydroxylation is 1. The monoisotopic (exact) mass is 308 g/mol. The fraction of sp³-hybridized carbons (Fsp3) is 0.467. The van der Waals surface area contributed by atoms with Gasteiger partial charge in [-0.15, -0.1) is 12.4 Å². The van der Waals surface area contributed by atoms with E-state index in [4.69, 9.17) is 0 Å². The van der Waals surface area contributed by atoms with E-state index in [1.807, 2.05) is 19.1 Å². The lowest BCUT2D eigenvalue weighted by Gasteiger charge is -2.31. The Hall–Kier alpha value is -1.59. The third-order valence-electron chi connectivity index (χ3n) is 4.05. The van der Waals surface area contributed by atoms with Crippen LogP contribution in [0.25, 0.3) is 11.0 Å². The predicted octanol–water partition coefficient (Wildman–Crippen LogP) is 1.76. The van der Waals surface area contributed by atoms with E-state index < -0.39 is 0 Å². The van der Waals surface area contributed by atoms with Crippen LogP contribution in [0.2, 0.25) is 0 Å². The number of benzene rings is 1. The molecule has 2 heterocycles. The molecular formula is C15H21ClN4O. The molecule has 1 aliphatic rings. The SMILES string of the molecule is Cc1ccc2nc(CNC(=O)C(C)C3CNC3)[nH]c2c1.Cl. The van der Waals surface area contributed by atoms with Crippen LogP contribution in [-0.4, -0.2) is 29.0 Å². The molecule has 1 unspecified atom stereocenters. The minimum Gasteiger partial charge on any atom is -0.349 e. The number of hydrogen-bond acceptors (Lipinski definition) is 3. The summed E-state index contributed by atoms with van der Waals surface area (Å²) >= 11 is 0. The molecule has 1 aromatic carbocycles. The number of amides is 1. The zero-order valence-corrected chi connectivity index (χ0v) is 13.1. The van der Waals surface area contributed by atoms with Crippen molar-refractivity contribution in [2.24, 2.45) is 11.8 Å². The van der Waals surface area contributed by atoms with Crippen molar-refractivity contribution in [3.05, 3.63) is 29.6 Å². The summed E-state index contributed by atoms with van der Waals surface area (Å²) in [7, 11) is 0. The highest BCUT2D eigenvalue weighted by atomic mass is 35.5. The Morgan fingerprint density at radius 1 is 1.48 bits per heavy atom. The summed E-state index contributed by atoms with van der Waals surface area (Å²) in [6.07, 6.45) is 0. The first-order chi connectivity index (χ1) is 9.63. The molecule has 1 saturated heterocycles. The van der Waals surface area contributed by atoms with Crippen molar-refractivity contribution >= 4 is 29.3 Å². The van der Waals surface area contributed by atoms with Gasteiger partial charge in [0.25, 0.3) is 0 Å². The molecule has 3 N–H and O–H groups in total. The Kier molecular flexibility index (Phi) is 4.85. The van der Waals surface area contributed by atoms with E-state index >= 15 is 0 Å². The zero-order chi connectivity index (χ0) is 14.1. The molecule has 1 aromatic heterocycles. The van der Waals surface area contributed by atoms with Crippen molar-refractivity contribution in [2.45, 2.75) is 20.4 Å². The second-order valence-electron chi connectivity index (χ2n) is 5.63. The van der Waals surface area contributed by atoms with Gasteiger partial charge in [-0.1, -0.05) is 13.0 Å². The van der Waals surface area contributed by atoms with Crippen molar-refractivity contribution in [3.8, 4) is 0 Å². The van der Waals surface area contributed by atoms with Crippen LogP contribution in [0.5, 0.6) is 0 Å². The summed E-state index contributed by atoms with van der Waals surface area (Å²) in [5.74, 6) is 1.43. The molecule has 0 bridgehead atoms. The van der Waals surface area contributed by atoms with Crippen molar-refractivity contribution in [2.75, 3.05) is 13.1 Å². The number of imidazole rings is 1. The number of nitrogens with zero attached hydrogens (tertiary/aromatic N) is 1. The molecule has 5 nitrogen and oxygen atoms in total. The first-order valence-corrected chi connectivity index (χ1v) is 7.07. The van der Waals surface area contributed by atoms with Crippen LogP contribution in [0.1, 0.15) is 18.3 Å². The molecule has 1 amide bonds. The Labute approximate surface area is 130 Å². The maximum absolute atomic E-state index is 12.0. The van der Waals surface area contributed by atoms with Gasteiger partial charge in [0.15, 0.2) is 0 Å². The summed E-state index contributed by atoms with van der Waals surface area (Å²) in [5.41, 5.74) is 3.16. The van der Waals surface area contributed by atoms with Crippen LogP contribution in [0, 0.1) is 18.8 Å². The minimum atomic E-state index is 0. The molecule has 0 spiro atoms. The zero-order valence-electron chi connectivity index (χ0n) is 12.3. The summed E-state index contributed by atoms with van der Waals surface area (Å²) in [5, 5.41) is 6.16. The molecule has 1 atom stereocenters. The highest BCUT2D eigenvalue weighted by molar-refractivity contribution is 5.85. The van der Waals surface area contributed by atoms with Gasteiger partial charge < -0.3 is 15.6 Å². The average molecular weight is 309 g/mol. The predicted molar refractivity (Wildman–Crippen MR) is 85.4 cm³/mol. The second-order valence-corrected chi connectivity index (χ2v) is 5.63. The average Bonchev–Trinajstić information content (AvgIpc) is 2.75. The first kappa shape index (κ1) is 15.8. The van der Waals surface area contributed by atoms with Crippen LogP contribution in [0.15, 0.2) is 18.2 Å². The van der Waals surface area contributed by atoms with E-state index in [1.54, 1.807) is 0 Å². The van der Waals surface area contributed by atoms with Crippen molar-refractivity contribution < 1.29 is 4.79 Å². The molecule has 6 heteroatoms. The van der Waals surface area contributed by atoms with Crippen LogP contribution in [-0.2, 0) is 11.3 Å². The van der Waals surface area contributed by atoms with Gasteiger partial charge in [0.1, 0.15) is 5.82 Å². The van der Waals surface area contributed by atoms with E-state index in [0.717, 1.165) is 29.9 Å². The molecule has 114 valence electrons. The smallest absolute Gasteiger partial charge is 0.223 e. The normalized spacial score (nSPS) is 16.1. The van der Waals surface area contributed by atoms with E-state index in [0.29, 0.717) is 12.5 Å². The van der Waals surface area contributed by atoms with Gasteiger partial charge in [-0.3, -0.25) is 4.79 Å². The molecule has 21 heavy (non-hydrogen) atoms. The molecule has 1 aliphatic heterocycles. The third-order valence-corrected chi connectivity index (χ3v) is 4.05. The number of carbonyl (C=O) groups is 1. The summed E-state index contributed by atoms with van der Waals surface area (Å²) in [6, 6.07) is 6.10. The topological polar surface area (TPSA) is 69.8 Å². The number of carbonyl (C=O) groups excluding carboxylic acids is 1. The number of fused-ring (bicyclic) bond motifs is 1. The van der Waals surface area contributed by atoms with Gasteiger partial charge in [0, 0.05) is 5.92 Å². The van der Waals surface area contributed by atoms with Crippen LogP contribution in [0.4, 0.5) is 0 Å². The summed E-state index contributed by atoms with van der Waals surface area (Å²) < 4.78 is 0. The largest absolute Gasteiger partial charge is 0.349 e. The number of H-pyrrole nitrogens is 1. The highest BCUT2D eigenvalue weighted by Crippen LogP contribution is 2.16. The molecule has 0 radical (unpaired) electrons. The minimum absolute atomic E-state index is 0. The standard InChI is InChI=1S/C15H20N4O.ClH/c1-9-3-4-12-13(5-9)19-14(18-12)8-17-15(20)10(2)11-6-16-7-11;/h3-5,10-11,16H,6-8H2,1-2H3,(H,17,20)(H,18,19);1H. The third kappa shape index (κ3) is 3.36. The van der Waals surface area contributed by atoms with E-state index in [2.05, 4.69) is 33.6 Å². The van der Waals surface area contributed by atoms with Gasteiger partial charge in [-0.05, 0) is 43.6 Å². The van der Waals surface area contributed by atoms with Gasteiger partial charge >= 0.3 is 0 Å². The van der Waals surface area contributed by atoms with Crippen molar-refractivity contribution in [1.82, 2.24) is 20.6 Å². The maximum atomic E-state index is 12.0. The fourth-order valence-electron chi connectivity index (χ4n) is 2.47. The second kappa shape index (κ2) is 6.45. The molecular weight excluding hydrogens is 288 g/mol. The van der Waals surface area contributed by atoms with Crippen LogP contribution >= 0.6 is 12.4 Å². The van der Waals surface area contributed by atoms with E-state index in [-0.39, 0.29) is 24.2 Å². The van der Waals surface area contributed by atoms with Crippen LogP contribution < -0.4 is 10.6 Å². The number of aromatic nitrogens is 2. The van der Waals surface area contributed by atoms with Gasteiger partial charge in [-0.25, -0.2) is 4.98 Å². The van der Waals surface area contributed by atoms with Crippen molar-refractivity contribution in [3.63, 3.8) is 0 Å². The molecule has 0 saturated carbocycles. The number of nitrogens with one attached hydrogen (secondary N) is 3. The van der Waals surface area contributed by atoms with E-state index in [9.17, 15) is 4.79 Å². The van der Waals surface area contributed by atoms with Gasteiger partial charge in [-0.2, -0.15) is 0 Å². The molecule has 0 aliphatic carbocycles. The number of hydrogen-bond donors (Lipinski definition) is 3. The lowest BCUT2D eigenvalue weighted by molar-refractivity contribution is -0.126. The Balaban J connectivity index is 0.00000161. The molecule has 1 fully saturated rings. The van der Waals surface area contributed by atoms with Gasteiger partial charge in [0.05, 0.1) is 17.6 Å². The number of halogens is 1. The van der Waals surface area contributed by atoms with Crippen LogP contribution in [0.3, 0.4) is 0 Å². The Morgan fingerprint density at radius 2 is 2.24 bits per heavy atom. The molecule has 3 rings (SSSR count). The lowest BCUT2D eigenvalue weighted by atomic mass is 9.88. The van der Waals surface area contributed by atoms with E-state index in [1.165, 1.54) is 5.56 Å². The number of rotatable bonds is 4. The Bertz CT molecular complexity index is 636. The van der Waals surface area contributed by atoms with Gasteiger partial charge in [0.2, 0.25) is 5.91 Å². The Morgan fingerprint density at radius 3 is 2.90 bits per heavy atom. The summed E-state index contributed by atoms with van der Waals surface area (Å²) in [4.78, 5) is 19.8.